The molecule has 35 heavy (non-hydrogen) atoms. The van der Waals surface area contributed by atoms with Crippen LogP contribution < -0.4 is 11.1 Å². The Balaban J connectivity index is 1.46. The van der Waals surface area contributed by atoms with Gasteiger partial charge >= 0.3 is 0 Å². The number of fused-ring (bicyclic) bond motifs is 1. The van der Waals surface area contributed by atoms with Crippen LogP contribution in [-0.4, -0.2) is 32.0 Å². The Bertz CT molecular complexity index is 1480. The molecule has 5 rings (SSSR count). The number of phenols is 1. The SMILES string of the molecule is N[C@@H](Cc1ccc(O)cc1)C(=O)Nc1ccc2c(-c3ccncc3)c(-c3ccc(F)cc3)[nH]c2n1. The average molecular weight is 468 g/mol. The number of nitrogens with one attached hydrogen (secondary N) is 2. The summed E-state index contributed by atoms with van der Waals surface area (Å²) in [7, 11) is 0. The Labute approximate surface area is 200 Å². The van der Waals surface area contributed by atoms with E-state index in [1.165, 1.54) is 12.1 Å². The van der Waals surface area contributed by atoms with Crippen LogP contribution in [-0.2, 0) is 11.2 Å². The van der Waals surface area contributed by atoms with Crippen LogP contribution in [0.4, 0.5) is 10.2 Å². The van der Waals surface area contributed by atoms with Crippen molar-refractivity contribution in [3.05, 3.63) is 96.6 Å². The lowest BCUT2D eigenvalue weighted by Crippen LogP contribution is -2.37. The van der Waals surface area contributed by atoms with E-state index in [-0.39, 0.29) is 17.5 Å². The molecule has 5 aromatic rings. The highest BCUT2D eigenvalue weighted by Gasteiger charge is 2.19. The van der Waals surface area contributed by atoms with Gasteiger partial charge < -0.3 is 21.1 Å². The van der Waals surface area contributed by atoms with Gasteiger partial charge in [0.15, 0.2) is 0 Å². The zero-order chi connectivity index (χ0) is 24.4. The third kappa shape index (κ3) is 4.73. The van der Waals surface area contributed by atoms with Crippen molar-refractivity contribution in [2.45, 2.75) is 12.5 Å². The molecule has 0 unspecified atom stereocenters. The van der Waals surface area contributed by atoms with Crippen LogP contribution in [0.15, 0.2) is 85.2 Å². The normalized spacial score (nSPS) is 11.9. The fourth-order valence-electron chi connectivity index (χ4n) is 3.99. The number of nitrogens with zero attached hydrogens (tertiary/aromatic N) is 2. The molecule has 1 amide bonds. The van der Waals surface area contributed by atoms with E-state index < -0.39 is 6.04 Å². The molecule has 0 fully saturated rings. The number of carbonyl (C=O) groups is 1. The summed E-state index contributed by atoms with van der Waals surface area (Å²) in [6.45, 7) is 0. The van der Waals surface area contributed by atoms with Crippen molar-refractivity contribution < 1.29 is 14.3 Å². The van der Waals surface area contributed by atoms with Gasteiger partial charge in [-0.25, -0.2) is 9.37 Å². The van der Waals surface area contributed by atoms with Crippen LogP contribution >= 0.6 is 0 Å². The lowest BCUT2D eigenvalue weighted by atomic mass is 10.00. The summed E-state index contributed by atoms with van der Waals surface area (Å²) in [6, 6.07) is 19.4. The maximum atomic E-state index is 13.5. The van der Waals surface area contributed by atoms with Crippen LogP contribution in [0.3, 0.4) is 0 Å². The number of rotatable bonds is 6. The summed E-state index contributed by atoms with van der Waals surface area (Å²) in [5, 5.41) is 13.0. The van der Waals surface area contributed by atoms with E-state index in [1.807, 2.05) is 18.2 Å². The van der Waals surface area contributed by atoms with Crippen LogP contribution in [0.5, 0.6) is 5.75 Å². The molecule has 0 radical (unpaired) electrons. The number of aromatic nitrogens is 3. The Morgan fingerprint density at radius 2 is 1.69 bits per heavy atom. The second-order valence-electron chi connectivity index (χ2n) is 8.18. The largest absolute Gasteiger partial charge is 0.508 e. The second-order valence-corrected chi connectivity index (χ2v) is 8.18. The highest BCUT2D eigenvalue weighted by molar-refractivity contribution is 6.03. The summed E-state index contributed by atoms with van der Waals surface area (Å²) in [5.41, 5.74) is 10.9. The predicted molar refractivity (Wildman–Crippen MR) is 133 cm³/mol. The van der Waals surface area contributed by atoms with E-state index in [0.29, 0.717) is 17.9 Å². The molecule has 5 N–H and O–H groups in total. The number of benzene rings is 2. The van der Waals surface area contributed by atoms with Crippen molar-refractivity contribution in [3.63, 3.8) is 0 Å². The predicted octanol–water partition coefficient (Wildman–Crippen LogP) is 4.65. The average Bonchev–Trinajstić information content (AvgIpc) is 3.25. The van der Waals surface area contributed by atoms with E-state index in [0.717, 1.165) is 33.3 Å². The molecule has 0 aliphatic heterocycles. The number of carbonyl (C=O) groups excluding carboxylic acids is 1. The Kier molecular flexibility index (Phi) is 5.95. The van der Waals surface area contributed by atoms with Crippen LogP contribution in [0.25, 0.3) is 33.4 Å². The van der Waals surface area contributed by atoms with Gasteiger partial charge in [-0.3, -0.25) is 9.78 Å². The molecule has 1 atom stereocenters. The molecule has 2 aromatic carbocycles. The Morgan fingerprint density at radius 3 is 2.40 bits per heavy atom. The number of aromatic amines is 1. The number of pyridine rings is 2. The number of nitrogens with two attached hydrogens (primary N) is 1. The summed E-state index contributed by atoms with van der Waals surface area (Å²) in [4.78, 5) is 24.7. The van der Waals surface area contributed by atoms with Crippen LogP contribution in [0, 0.1) is 5.82 Å². The standard InChI is InChI=1S/C27H22FN5O2/c28-19-5-3-18(4-6-19)25-24(17-11-13-30-14-12-17)21-9-10-23(31-26(21)33-25)32-27(35)22(29)15-16-1-7-20(34)8-2-16/h1-14,22,34H,15,29H2,(H2,31,32,33,35)/t22-/m0/s1. The summed E-state index contributed by atoms with van der Waals surface area (Å²) in [6.07, 6.45) is 3.73. The van der Waals surface area contributed by atoms with Gasteiger partial charge in [-0.05, 0) is 83.8 Å². The van der Waals surface area contributed by atoms with E-state index in [2.05, 4.69) is 20.3 Å². The molecule has 0 aliphatic carbocycles. The highest BCUT2D eigenvalue weighted by Crippen LogP contribution is 2.38. The minimum absolute atomic E-state index is 0.154. The Hall–Kier alpha value is -4.56. The fourth-order valence-corrected chi connectivity index (χ4v) is 3.99. The third-order valence-corrected chi connectivity index (χ3v) is 5.74. The minimum atomic E-state index is -0.789. The molecule has 0 spiro atoms. The first-order valence-electron chi connectivity index (χ1n) is 11.0. The number of phenolic OH excluding ortho intramolecular Hbond substituents is 1. The number of hydrogen-bond acceptors (Lipinski definition) is 5. The lowest BCUT2D eigenvalue weighted by Gasteiger charge is -2.12. The molecule has 3 heterocycles. The molecule has 7 nitrogen and oxygen atoms in total. The quantitative estimate of drug-likeness (QED) is 0.290. The third-order valence-electron chi connectivity index (χ3n) is 5.74. The minimum Gasteiger partial charge on any atom is -0.508 e. The second kappa shape index (κ2) is 9.36. The van der Waals surface area contributed by atoms with Crippen LogP contribution in [0.2, 0.25) is 0 Å². The van der Waals surface area contributed by atoms with Gasteiger partial charge in [-0.15, -0.1) is 0 Å². The molecule has 0 aliphatic rings. The number of anilines is 1. The van der Waals surface area contributed by atoms with E-state index >= 15 is 0 Å². The zero-order valence-corrected chi connectivity index (χ0v) is 18.6. The summed E-state index contributed by atoms with van der Waals surface area (Å²) < 4.78 is 13.5. The summed E-state index contributed by atoms with van der Waals surface area (Å²) >= 11 is 0. The van der Waals surface area contributed by atoms with Gasteiger partial charge in [0, 0.05) is 23.3 Å². The molecular formula is C27H22FN5O2. The molecule has 0 saturated heterocycles. The fraction of sp³-hybridized carbons (Fsp3) is 0.0741. The first-order chi connectivity index (χ1) is 17.0. The highest BCUT2D eigenvalue weighted by atomic mass is 19.1. The van der Waals surface area contributed by atoms with Crippen molar-refractivity contribution >= 4 is 22.8 Å². The molecule has 174 valence electrons. The van der Waals surface area contributed by atoms with E-state index in [1.54, 1.807) is 54.9 Å². The van der Waals surface area contributed by atoms with Gasteiger partial charge in [-0.2, -0.15) is 0 Å². The molecule has 0 bridgehead atoms. The number of amides is 1. The van der Waals surface area contributed by atoms with Gasteiger partial charge in [-0.1, -0.05) is 12.1 Å². The maximum absolute atomic E-state index is 13.5. The van der Waals surface area contributed by atoms with Gasteiger partial charge in [0.2, 0.25) is 5.91 Å². The monoisotopic (exact) mass is 467 g/mol. The number of halogens is 1. The van der Waals surface area contributed by atoms with Crippen LogP contribution in [0.1, 0.15) is 5.56 Å². The summed E-state index contributed by atoms with van der Waals surface area (Å²) in [5.74, 6) is -0.176. The zero-order valence-electron chi connectivity index (χ0n) is 18.6. The number of aromatic hydroxyl groups is 1. The van der Waals surface area contributed by atoms with Crippen molar-refractivity contribution in [2.24, 2.45) is 5.73 Å². The van der Waals surface area contributed by atoms with Gasteiger partial charge in [0.05, 0.1) is 11.7 Å². The number of hydrogen-bond donors (Lipinski definition) is 4. The van der Waals surface area contributed by atoms with Crippen molar-refractivity contribution in [1.29, 1.82) is 0 Å². The van der Waals surface area contributed by atoms with E-state index in [4.69, 9.17) is 5.73 Å². The van der Waals surface area contributed by atoms with Gasteiger partial charge in [0.1, 0.15) is 23.0 Å². The molecule has 3 aromatic heterocycles. The van der Waals surface area contributed by atoms with E-state index in [9.17, 15) is 14.3 Å². The van der Waals surface area contributed by atoms with Crippen molar-refractivity contribution in [2.75, 3.05) is 5.32 Å². The van der Waals surface area contributed by atoms with Crippen molar-refractivity contribution in [1.82, 2.24) is 15.0 Å². The topological polar surface area (TPSA) is 117 Å². The molecular weight excluding hydrogens is 445 g/mol. The lowest BCUT2D eigenvalue weighted by molar-refractivity contribution is -0.117. The Morgan fingerprint density at radius 1 is 0.971 bits per heavy atom. The number of H-pyrrole nitrogens is 1. The molecule has 8 heteroatoms. The first kappa shape index (κ1) is 22.2. The maximum Gasteiger partial charge on any atom is 0.242 e. The van der Waals surface area contributed by atoms with Crippen molar-refractivity contribution in [3.8, 4) is 28.1 Å². The molecule has 0 saturated carbocycles. The smallest absolute Gasteiger partial charge is 0.242 e. The van der Waals surface area contributed by atoms with Gasteiger partial charge in [0.25, 0.3) is 0 Å². The first-order valence-corrected chi connectivity index (χ1v) is 11.0.